The zero-order valence-corrected chi connectivity index (χ0v) is 8.00. The van der Waals surface area contributed by atoms with Gasteiger partial charge < -0.3 is 0 Å². The van der Waals surface area contributed by atoms with Gasteiger partial charge in [-0.2, -0.15) is 4.99 Å². The highest BCUT2D eigenvalue weighted by Crippen LogP contribution is 2.20. The van der Waals surface area contributed by atoms with Gasteiger partial charge in [-0.15, -0.1) is 0 Å². The molecule has 0 radical (unpaired) electrons. The lowest BCUT2D eigenvalue weighted by Crippen LogP contribution is -1.83. The molecule has 13 heavy (non-hydrogen) atoms. The van der Waals surface area contributed by atoms with E-state index in [9.17, 15) is 4.79 Å². The summed E-state index contributed by atoms with van der Waals surface area (Å²) in [5.41, 5.74) is 2.98. The van der Waals surface area contributed by atoms with Crippen LogP contribution in [0.5, 0.6) is 0 Å². The van der Waals surface area contributed by atoms with Crippen molar-refractivity contribution in [3.05, 3.63) is 29.3 Å². The molecule has 2 nitrogen and oxygen atoms in total. The van der Waals surface area contributed by atoms with Crippen LogP contribution in [0.2, 0.25) is 0 Å². The Balaban J connectivity index is 3.03. The number of aryl methyl sites for hydroxylation is 2. The molecule has 1 aromatic rings. The fourth-order valence-electron chi connectivity index (χ4n) is 1.27. The van der Waals surface area contributed by atoms with Crippen molar-refractivity contribution in [1.29, 1.82) is 0 Å². The van der Waals surface area contributed by atoms with Crippen molar-refractivity contribution < 1.29 is 4.79 Å². The number of carbonyl (C=O) groups excluding carboxylic acids is 1. The smallest absolute Gasteiger partial charge is 0.211 e. The Kier molecular flexibility index (Phi) is 3.41. The zero-order valence-electron chi connectivity index (χ0n) is 8.00. The first kappa shape index (κ1) is 9.69. The van der Waals surface area contributed by atoms with E-state index < -0.39 is 0 Å². The number of aliphatic imine (C=N–C) groups is 1. The molecule has 0 saturated carbocycles. The molecule has 0 unspecified atom stereocenters. The Labute approximate surface area is 78.3 Å². The van der Waals surface area contributed by atoms with Crippen molar-refractivity contribution in [2.75, 3.05) is 0 Å². The standard InChI is InChI=1S/C11H13NO/c1-3-4-10-6-5-9(2)11(7-10)12-8-13/h5-7H,3-4H2,1-2H3. The van der Waals surface area contributed by atoms with E-state index in [1.807, 2.05) is 19.1 Å². The van der Waals surface area contributed by atoms with Crippen molar-refractivity contribution in [3.63, 3.8) is 0 Å². The maximum Gasteiger partial charge on any atom is 0.240 e. The molecule has 0 fully saturated rings. The Hall–Kier alpha value is -1.40. The summed E-state index contributed by atoms with van der Waals surface area (Å²) >= 11 is 0. The summed E-state index contributed by atoms with van der Waals surface area (Å²) in [5.74, 6) is 0. The van der Waals surface area contributed by atoms with Crippen molar-refractivity contribution in [2.24, 2.45) is 4.99 Å². The molecule has 0 aromatic heterocycles. The number of nitrogens with zero attached hydrogens (tertiary/aromatic N) is 1. The van der Waals surface area contributed by atoms with Crippen LogP contribution in [0.1, 0.15) is 24.5 Å². The van der Waals surface area contributed by atoms with Crippen LogP contribution in [-0.4, -0.2) is 6.08 Å². The minimum absolute atomic E-state index is 0.737. The van der Waals surface area contributed by atoms with Crippen LogP contribution in [0.15, 0.2) is 23.2 Å². The molecule has 0 aliphatic rings. The maximum atomic E-state index is 10.1. The SMILES string of the molecule is CCCc1ccc(C)c(N=C=O)c1. The second-order valence-corrected chi connectivity index (χ2v) is 3.07. The van der Waals surface area contributed by atoms with Crippen LogP contribution >= 0.6 is 0 Å². The Bertz CT molecular complexity index is 338. The molecule has 0 N–H and O–H groups in total. The normalized spacial score (nSPS) is 9.38. The van der Waals surface area contributed by atoms with Gasteiger partial charge in [-0.05, 0) is 30.5 Å². The summed E-state index contributed by atoms with van der Waals surface area (Å²) < 4.78 is 0. The molecule has 1 aromatic carbocycles. The molecule has 0 spiro atoms. The lowest BCUT2D eigenvalue weighted by molar-refractivity contribution is 0.565. The van der Waals surface area contributed by atoms with E-state index in [4.69, 9.17) is 0 Å². The Morgan fingerprint density at radius 1 is 1.46 bits per heavy atom. The van der Waals surface area contributed by atoms with Gasteiger partial charge in [0.05, 0.1) is 5.69 Å². The lowest BCUT2D eigenvalue weighted by atomic mass is 10.1. The molecule has 0 aliphatic heterocycles. The second-order valence-electron chi connectivity index (χ2n) is 3.07. The topological polar surface area (TPSA) is 29.4 Å². The molecule has 0 heterocycles. The Morgan fingerprint density at radius 2 is 2.23 bits per heavy atom. The summed E-state index contributed by atoms with van der Waals surface area (Å²) in [4.78, 5) is 13.7. The summed E-state index contributed by atoms with van der Waals surface area (Å²) in [7, 11) is 0. The highest BCUT2D eigenvalue weighted by Gasteiger charge is 1.97. The molecule has 0 bridgehead atoms. The molecule has 0 saturated heterocycles. The molecule has 0 atom stereocenters. The monoisotopic (exact) mass is 175 g/mol. The predicted octanol–water partition coefficient (Wildman–Crippen LogP) is 2.91. The van der Waals surface area contributed by atoms with Gasteiger partial charge >= 0.3 is 0 Å². The van der Waals surface area contributed by atoms with E-state index in [0.29, 0.717) is 0 Å². The van der Waals surface area contributed by atoms with Crippen molar-refractivity contribution in [3.8, 4) is 0 Å². The van der Waals surface area contributed by atoms with Crippen LogP contribution in [0.3, 0.4) is 0 Å². The zero-order chi connectivity index (χ0) is 9.68. The van der Waals surface area contributed by atoms with Gasteiger partial charge in [0.1, 0.15) is 0 Å². The quantitative estimate of drug-likeness (QED) is 0.513. The molecule has 1 rings (SSSR count). The molecular formula is C11H13NO. The van der Waals surface area contributed by atoms with Crippen molar-refractivity contribution in [2.45, 2.75) is 26.7 Å². The molecule has 68 valence electrons. The average molecular weight is 175 g/mol. The van der Waals surface area contributed by atoms with Crippen LogP contribution in [-0.2, 0) is 11.2 Å². The largest absolute Gasteiger partial charge is 0.240 e. The maximum absolute atomic E-state index is 10.1. The number of rotatable bonds is 3. The third kappa shape index (κ3) is 2.53. The van der Waals surface area contributed by atoms with Crippen molar-refractivity contribution in [1.82, 2.24) is 0 Å². The first-order valence-corrected chi connectivity index (χ1v) is 4.45. The van der Waals surface area contributed by atoms with Crippen LogP contribution in [0.25, 0.3) is 0 Å². The van der Waals surface area contributed by atoms with Gasteiger partial charge in [0.15, 0.2) is 0 Å². The number of hydrogen-bond donors (Lipinski definition) is 0. The minimum atomic E-state index is 0.737. The van der Waals surface area contributed by atoms with Crippen LogP contribution < -0.4 is 0 Å². The number of benzene rings is 1. The first-order chi connectivity index (χ1) is 6.27. The van der Waals surface area contributed by atoms with Gasteiger partial charge in [-0.3, -0.25) is 0 Å². The third-order valence-corrected chi connectivity index (χ3v) is 1.98. The summed E-state index contributed by atoms with van der Waals surface area (Å²) in [6.45, 7) is 4.06. The third-order valence-electron chi connectivity index (χ3n) is 1.98. The predicted molar refractivity (Wildman–Crippen MR) is 53.0 cm³/mol. The molecule has 2 heteroatoms. The van der Waals surface area contributed by atoms with Gasteiger partial charge in [-0.25, -0.2) is 4.79 Å². The van der Waals surface area contributed by atoms with E-state index in [1.165, 1.54) is 5.56 Å². The fourth-order valence-corrected chi connectivity index (χ4v) is 1.27. The highest BCUT2D eigenvalue weighted by atomic mass is 16.1. The molecule has 0 amide bonds. The number of hydrogen-bond acceptors (Lipinski definition) is 2. The summed E-state index contributed by atoms with van der Waals surface area (Å²) in [6.07, 6.45) is 3.70. The van der Waals surface area contributed by atoms with Crippen LogP contribution in [0.4, 0.5) is 5.69 Å². The van der Waals surface area contributed by atoms with E-state index in [0.717, 1.165) is 24.1 Å². The Morgan fingerprint density at radius 3 is 2.85 bits per heavy atom. The van der Waals surface area contributed by atoms with E-state index in [1.54, 1.807) is 6.08 Å². The van der Waals surface area contributed by atoms with E-state index in [-0.39, 0.29) is 0 Å². The minimum Gasteiger partial charge on any atom is -0.211 e. The van der Waals surface area contributed by atoms with Gasteiger partial charge in [0.25, 0.3) is 0 Å². The van der Waals surface area contributed by atoms with Gasteiger partial charge in [0, 0.05) is 0 Å². The van der Waals surface area contributed by atoms with Gasteiger partial charge in [-0.1, -0.05) is 25.5 Å². The summed E-state index contributed by atoms with van der Waals surface area (Å²) in [6, 6.07) is 6.01. The van der Waals surface area contributed by atoms with E-state index in [2.05, 4.69) is 18.0 Å². The van der Waals surface area contributed by atoms with E-state index >= 15 is 0 Å². The fraction of sp³-hybridized carbons (Fsp3) is 0.364. The summed E-state index contributed by atoms with van der Waals surface area (Å²) in [5, 5.41) is 0. The first-order valence-electron chi connectivity index (χ1n) is 4.45. The lowest BCUT2D eigenvalue weighted by Gasteiger charge is -2.01. The number of isocyanates is 1. The second kappa shape index (κ2) is 4.58. The highest BCUT2D eigenvalue weighted by molar-refractivity contribution is 5.54. The van der Waals surface area contributed by atoms with Crippen molar-refractivity contribution >= 4 is 11.8 Å². The molecule has 0 aliphatic carbocycles. The van der Waals surface area contributed by atoms with Crippen LogP contribution in [0, 0.1) is 6.92 Å². The van der Waals surface area contributed by atoms with Gasteiger partial charge in [0.2, 0.25) is 6.08 Å². The average Bonchev–Trinajstić information content (AvgIpc) is 2.12. The molecular weight excluding hydrogens is 162 g/mol.